The fourth-order valence-corrected chi connectivity index (χ4v) is 2.55. The average Bonchev–Trinajstić information content (AvgIpc) is 2.37. The van der Waals surface area contributed by atoms with E-state index in [4.69, 9.17) is 23.2 Å². The second-order valence-electron chi connectivity index (χ2n) is 4.43. The summed E-state index contributed by atoms with van der Waals surface area (Å²) in [5.74, 6) is 0. The molecule has 19 heavy (non-hydrogen) atoms. The SMILES string of the molecule is CCNC(c1cccc(C)c1)c1ncc(Cl)cc1Cl. The fourth-order valence-electron chi connectivity index (χ4n) is 2.06. The first-order valence-electron chi connectivity index (χ1n) is 6.22. The number of aryl methyl sites for hydroxylation is 1. The number of rotatable bonds is 4. The van der Waals surface area contributed by atoms with Crippen LogP contribution < -0.4 is 5.32 Å². The average molecular weight is 295 g/mol. The molecule has 1 N–H and O–H groups in total. The van der Waals surface area contributed by atoms with E-state index < -0.39 is 0 Å². The first-order valence-corrected chi connectivity index (χ1v) is 6.98. The van der Waals surface area contributed by atoms with Crippen molar-refractivity contribution >= 4 is 23.2 Å². The molecule has 1 atom stereocenters. The zero-order valence-electron chi connectivity index (χ0n) is 11.0. The van der Waals surface area contributed by atoms with Crippen LogP contribution in [0.3, 0.4) is 0 Å². The molecular formula is C15H16Cl2N2. The largest absolute Gasteiger partial charge is 0.305 e. The van der Waals surface area contributed by atoms with Gasteiger partial charge in [0, 0.05) is 6.20 Å². The summed E-state index contributed by atoms with van der Waals surface area (Å²) < 4.78 is 0. The summed E-state index contributed by atoms with van der Waals surface area (Å²) in [5.41, 5.74) is 3.17. The summed E-state index contributed by atoms with van der Waals surface area (Å²) in [6.45, 7) is 4.97. The zero-order chi connectivity index (χ0) is 13.8. The second-order valence-corrected chi connectivity index (χ2v) is 5.27. The number of hydrogen-bond donors (Lipinski definition) is 1. The highest BCUT2D eigenvalue weighted by atomic mass is 35.5. The van der Waals surface area contributed by atoms with Crippen molar-refractivity contribution in [3.8, 4) is 0 Å². The molecule has 4 heteroatoms. The second kappa shape index (κ2) is 6.38. The maximum Gasteiger partial charge on any atom is 0.0805 e. The van der Waals surface area contributed by atoms with Gasteiger partial charge in [-0.05, 0) is 25.1 Å². The van der Waals surface area contributed by atoms with Gasteiger partial charge < -0.3 is 5.32 Å². The van der Waals surface area contributed by atoms with Crippen LogP contribution in [0.25, 0.3) is 0 Å². The van der Waals surface area contributed by atoms with Crippen molar-refractivity contribution in [1.29, 1.82) is 0 Å². The van der Waals surface area contributed by atoms with Gasteiger partial charge in [-0.3, -0.25) is 4.98 Å². The molecule has 0 spiro atoms. The fraction of sp³-hybridized carbons (Fsp3) is 0.267. The molecule has 0 saturated heterocycles. The van der Waals surface area contributed by atoms with Crippen molar-refractivity contribution in [2.75, 3.05) is 6.54 Å². The quantitative estimate of drug-likeness (QED) is 0.904. The van der Waals surface area contributed by atoms with Crippen LogP contribution in [0.1, 0.15) is 29.8 Å². The van der Waals surface area contributed by atoms with E-state index in [1.165, 1.54) is 5.56 Å². The summed E-state index contributed by atoms with van der Waals surface area (Å²) >= 11 is 12.2. The van der Waals surface area contributed by atoms with Crippen molar-refractivity contribution in [2.45, 2.75) is 19.9 Å². The van der Waals surface area contributed by atoms with Crippen molar-refractivity contribution in [3.05, 3.63) is 63.4 Å². The van der Waals surface area contributed by atoms with Crippen LogP contribution in [0.2, 0.25) is 10.0 Å². The number of nitrogens with zero attached hydrogens (tertiary/aromatic N) is 1. The van der Waals surface area contributed by atoms with Crippen LogP contribution in [0.4, 0.5) is 0 Å². The summed E-state index contributed by atoms with van der Waals surface area (Å²) in [7, 11) is 0. The van der Waals surface area contributed by atoms with Crippen molar-refractivity contribution in [1.82, 2.24) is 10.3 Å². The molecular weight excluding hydrogens is 279 g/mol. The van der Waals surface area contributed by atoms with Gasteiger partial charge in [-0.2, -0.15) is 0 Å². The molecule has 1 heterocycles. The third-order valence-electron chi connectivity index (χ3n) is 2.89. The topological polar surface area (TPSA) is 24.9 Å². The molecule has 0 saturated carbocycles. The normalized spacial score (nSPS) is 12.4. The molecule has 1 aromatic heterocycles. The Labute approximate surface area is 123 Å². The molecule has 0 fully saturated rings. The first-order chi connectivity index (χ1) is 9.11. The Balaban J connectivity index is 2.45. The van der Waals surface area contributed by atoms with E-state index in [1.54, 1.807) is 12.3 Å². The Morgan fingerprint density at radius 1 is 1.26 bits per heavy atom. The van der Waals surface area contributed by atoms with Crippen LogP contribution in [-0.2, 0) is 0 Å². The predicted octanol–water partition coefficient (Wildman–Crippen LogP) is 4.40. The minimum atomic E-state index is -0.0188. The third-order valence-corrected chi connectivity index (χ3v) is 3.40. The molecule has 1 unspecified atom stereocenters. The first kappa shape index (κ1) is 14.3. The third kappa shape index (κ3) is 3.47. The van der Waals surface area contributed by atoms with E-state index >= 15 is 0 Å². The maximum absolute atomic E-state index is 6.26. The lowest BCUT2D eigenvalue weighted by Crippen LogP contribution is -2.23. The Morgan fingerprint density at radius 3 is 2.68 bits per heavy atom. The molecule has 1 aromatic carbocycles. The van der Waals surface area contributed by atoms with Gasteiger partial charge in [0.2, 0.25) is 0 Å². The predicted molar refractivity (Wildman–Crippen MR) is 81.0 cm³/mol. The van der Waals surface area contributed by atoms with Crippen molar-refractivity contribution < 1.29 is 0 Å². The molecule has 0 aliphatic heterocycles. The van der Waals surface area contributed by atoms with E-state index in [1.807, 2.05) is 6.07 Å². The number of pyridine rings is 1. The molecule has 2 rings (SSSR count). The van der Waals surface area contributed by atoms with Gasteiger partial charge >= 0.3 is 0 Å². The molecule has 100 valence electrons. The highest BCUT2D eigenvalue weighted by molar-refractivity contribution is 6.34. The van der Waals surface area contributed by atoms with E-state index in [-0.39, 0.29) is 6.04 Å². The van der Waals surface area contributed by atoms with E-state index in [9.17, 15) is 0 Å². The molecule has 0 radical (unpaired) electrons. The smallest absolute Gasteiger partial charge is 0.0805 e. The molecule has 0 bridgehead atoms. The maximum atomic E-state index is 6.26. The number of aromatic nitrogens is 1. The zero-order valence-corrected chi connectivity index (χ0v) is 12.5. The van der Waals surface area contributed by atoms with Gasteiger partial charge in [0.1, 0.15) is 0 Å². The van der Waals surface area contributed by atoms with Crippen LogP contribution in [-0.4, -0.2) is 11.5 Å². The molecule has 2 nitrogen and oxygen atoms in total. The number of benzene rings is 1. The Hall–Kier alpha value is -1.09. The van der Waals surface area contributed by atoms with Gasteiger partial charge in [0.25, 0.3) is 0 Å². The highest BCUT2D eigenvalue weighted by Crippen LogP contribution is 2.28. The standard InChI is InChI=1S/C15H16Cl2N2/c1-3-18-14(11-6-4-5-10(2)7-11)15-13(17)8-12(16)9-19-15/h4-9,14,18H,3H2,1-2H3. The lowest BCUT2D eigenvalue weighted by atomic mass is 10.0. The number of hydrogen-bond acceptors (Lipinski definition) is 2. The summed E-state index contributed by atoms with van der Waals surface area (Å²) in [6.07, 6.45) is 1.63. The van der Waals surface area contributed by atoms with Gasteiger partial charge in [-0.25, -0.2) is 0 Å². The van der Waals surface area contributed by atoms with Crippen molar-refractivity contribution in [2.24, 2.45) is 0 Å². The summed E-state index contributed by atoms with van der Waals surface area (Å²) in [6, 6.07) is 10.0. The van der Waals surface area contributed by atoms with E-state index in [0.717, 1.165) is 17.8 Å². The van der Waals surface area contributed by atoms with Gasteiger partial charge in [0.05, 0.1) is 21.8 Å². The molecule has 2 aromatic rings. The lowest BCUT2D eigenvalue weighted by Gasteiger charge is -2.19. The monoisotopic (exact) mass is 294 g/mol. The Bertz CT molecular complexity index is 570. The Kier molecular flexibility index (Phi) is 4.81. The minimum Gasteiger partial charge on any atom is -0.305 e. The molecule has 0 amide bonds. The van der Waals surface area contributed by atoms with E-state index in [0.29, 0.717) is 10.0 Å². The van der Waals surface area contributed by atoms with Crippen LogP contribution >= 0.6 is 23.2 Å². The number of nitrogens with one attached hydrogen (secondary N) is 1. The number of halogens is 2. The van der Waals surface area contributed by atoms with Crippen LogP contribution in [0, 0.1) is 6.92 Å². The minimum absolute atomic E-state index is 0.0188. The van der Waals surface area contributed by atoms with Gasteiger partial charge in [-0.15, -0.1) is 0 Å². The van der Waals surface area contributed by atoms with E-state index in [2.05, 4.69) is 42.3 Å². The molecule has 0 aliphatic carbocycles. The lowest BCUT2D eigenvalue weighted by molar-refractivity contribution is 0.615. The summed E-state index contributed by atoms with van der Waals surface area (Å²) in [5, 5.41) is 4.55. The Morgan fingerprint density at radius 2 is 2.05 bits per heavy atom. The van der Waals surface area contributed by atoms with Crippen LogP contribution in [0.15, 0.2) is 36.5 Å². The van der Waals surface area contributed by atoms with Crippen molar-refractivity contribution in [3.63, 3.8) is 0 Å². The van der Waals surface area contributed by atoms with Crippen LogP contribution in [0.5, 0.6) is 0 Å². The van der Waals surface area contributed by atoms with Gasteiger partial charge in [-0.1, -0.05) is 60.0 Å². The summed E-state index contributed by atoms with van der Waals surface area (Å²) in [4.78, 5) is 4.38. The van der Waals surface area contributed by atoms with Gasteiger partial charge in [0.15, 0.2) is 0 Å². The highest BCUT2D eigenvalue weighted by Gasteiger charge is 2.17. The molecule has 0 aliphatic rings.